The third-order valence-electron chi connectivity index (χ3n) is 3.35. The molecule has 2 rings (SSSR count). The summed E-state index contributed by atoms with van der Waals surface area (Å²) in [5.41, 5.74) is 5.73. The first-order chi connectivity index (χ1) is 7.69. The number of aromatic nitrogens is 2. The molecule has 0 amide bonds. The van der Waals surface area contributed by atoms with Crippen molar-refractivity contribution in [2.24, 2.45) is 11.7 Å². The summed E-state index contributed by atoms with van der Waals surface area (Å²) in [6.07, 6.45) is 2.44. The van der Waals surface area contributed by atoms with E-state index in [1.807, 2.05) is 6.92 Å². The van der Waals surface area contributed by atoms with Gasteiger partial charge in [0.25, 0.3) is 0 Å². The van der Waals surface area contributed by atoms with Gasteiger partial charge in [0.2, 0.25) is 5.89 Å². The fourth-order valence-electron chi connectivity index (χ4n) is 2.25. The molecular weight excluding hydrogens is 204 g/mol. The van der Waals surface area contributed by atoms with E-state index in [9.17, 15) is 0 Å². The van der Waals surface area contributed by atoms with Crippen molar-refractivity contribution in [2.75, 3.05) is 13.1 Å². The van der Waals surface area contributed by atoms with Crippen LogP contribution < -0.4 is 5.73 Å². The minimum Gasteiger partial charge on any atom is -0.338 e. The second-order valence-corrected chi connectivity index (χ2v) is 4.69. The van der Waals surface area contributed by atoms with Crippen LogP contribution in [-0.2, 0) is 6.54 Å². The van der Waals surface area contributed by atoms with Gasteiger partial charge in [-0.25, -0.2) is 0 Å². The molecule has 0 saturated carbocycles. The Morgan fingerprint density at radius 3 is 2.94 bits per heavy atom. The molecule has 1 aromatic rings. The molecule has 90 valence electrons. The monoisotopic (exact) mass is 224 g/mol. The van der Waals surface area contributed by atoms with Gasteiger partial charge in [0, 0.05) is 12.6 Å². The zero-order chi connectivity index (χ0) is 11.5. The van der Waals surface area contributed by atoms with Crippen LogP contribution >= 0.6 is 0 Å². The molecule has 1 aliphatic rings. The number of nitrogens with zero attached hydrogens (tertiary/aromatic N) is 3. The molecule has 16 heavy (non-hydrogen) atoms. The first-order valence-electron chi connectivity index (χ1n) is 5.92. The van der Waals surface area contributed by atoms with E-state index in [2.05, 4.69) is 22.0 Å². The molecule has 2 atom stereocenters. The summed E-state index contributed by atoms with van der Waals surface area (Å²) in [6.45, 7) is 6.65. The number of hydrogen-bond donors (Lipinski definition) is 1. The van der Waals surface area contributed by atoms with Gasteiger partial charge in [-0.1, -0.05) is 5.16 Å². The summed E-state index contributed by atoms with van der Waals surface area (Å²) in [4.78, 5) is 6.62. The van der Waals surface area contributed by atoms with Crippen molar-refractivity contribution < 1.29 is 4.52 Å². The first kappa shape index (κ1) is 11.5. The van der Waals surface area contributed by atoms with Crippen LogP contribution in [0.1, 0.15) is 31.5 Å². The van der Waals surface area contributed by atoms with Crippen LogP contribution in [0.4, 0.5) is 0 Å². The molecular formula is C11H20N4O. The second-order valence-electron chi connectivity index (χ2n) is 4.69. The van der Waals surface area contributed by atoms with Crippen molar-refractivity contribution in [1.29, 1.82) is 0 Å². The lowest BCUT2D eigenvalue weighted by atomic mass is 9.93. The Bertz CT molecular complexity index is 338. The van der Waals surface area contributed by atoms with Gasteiger partial charge in [0.15, 0.2) is 5.82 Å². The Balaban J connectivity index is 1.96. The molecule has 5 nitrogen and oxygen atoms in total. The van der Waals surface area contributed by atoms with Crippen LogP contribution in [-0.4, -0.2) is 34.2 Å². The summed E-state index contributed by atoms with van der Waals surface area (Å²) < 4.78 is 5.15. The Morgan fingerprint density at radius 1 is 1.50 bits per heavy atom. The van der Waals surface area contributed by atoms with E-state index < -0.39 is 0 Å². The van der Waals surface area contributed by atoms with Gasteiger partial charge in [-0.05, 0) is 39.2 Å². The van der Waals surface area contributed by atoms with E-state index in [0.717, 1.165) is 19.6 Å². The highest BCUT2D eigenvalue weighted by atomic mass is 16.5. The molecule has 1 fully saturated rings. The van der Waals surface area contributed by atoms with Crippen LogP contribution in [0.5, 0.6) is 0 Å². The van der Waals surface area contributed by atoms with E-state index in [1.54, 1.807) is 0 Å². The van der Waals surface area contributed by atoms with Gasteiger partial charge in [-0.15, -0.1) is 0 Å². The first-order valence-corrected chi connectivity index (χ1v) is 5.92. The Hall–Kier alpha value is -0.940. The molecule has 0 aliphatic carbocycles. The summed E-state index contributed by atoms with van der Waals surface area (Å²) in [6, 6.07) is 0.579. The summed E-state index contributed by atoms with van der Waals surface area (Å²) in [5.74, 6) is 2.03. The smallest absolute Gasteiger partial charge is 0.240 e. The van der Waals surface area contributed by atoms with Crippen LogP contribution in [0.15, 0.2) is 4.52 Å². The van der Waals surface area contributed by atoms with Crippen molar-refractivity contribution in [1.82, 2.24) is 15.0 Å². The van der Waals surface area contributed by atoms with Gasteiger partial charge in [0.05, 0.1) is 6.54 Å². The standard InChI is InChI=1S/C11H20N4O/c1-8-3-4-10(5-12)6-15(8)7-11-13-9(2)14-16-11/h8,10H,3-7,12H2,1-2H3. The molecule has 0 radical (unpaired) electrons. The average molecular weight is 224 g/mol. The van der Waals surface area contributed by atoms with Crippen molar-refractivity contribution in [3.8, 4) is 0 Å². The van der Waals surface area contributed by atoms with Crippen molar-refractivity contribution in [3.63, 3.8) is 0 Å². The maximum atomic E-state index is 5.73. The van der Waals surface area contributed by atoms with Crippen molar-refractivity contribution in [2.45, 2.75) is 39.3 Å². The highest BCUT2D eigenvalue weighted by Crippen LogP contribution is 2.22. The number of aryl methyl sites for hydroxylation is 1. The van der Waals surface area contributed by atoms with Gasteiger partial charge in [-0.3, -0.25) is 4.90 Å². The zero-order valence-corrected chi connectivity index (χ0v) is 10.0. The molecule has 2 unspecified atom stereocenters. The highest BCUT2D eigenvalue weighted by molar-refractivity contribution is 4.86. The van der Waals surface area contributed by atoms with Crippen LogP contribution in [0.3, 0.4) is 0 Å². The lowest BCUT2D eigenvalue weighted by Crippen LogP contribution is -2.43. The minimum atomic E-state index is 0.579. The third kappa shape index (κ3) is 2.59. The summed E-state index contributed by atoms with van der Waals surface area (Å²) in [7, 11) is 0. The van der Waals surface area contributed by atoms with E-state index in [-0.39, 0.29) is 0 Å². The SMILES string of the molecule is Cc1noc(CN2CC(CN)CCC2C)n1. The maximum absolute atomic E-state index is 5.73. The molecule has 1 saturated heterocycles. The Morgan fingerprint density at radius 2 is 2.31 bits per heavy atom. The van der Waals surface area contributed by atoms with Crippen LogP contribution in [0.2, 0.25) is 0 Å². The van der Waals surface area contributed by atoms with Gasteiger partial charge in [-0.2, -0.15) is 4.98 Å². The van der Waals surface area contributed by atoms with E-state index in [4.69, 9.17) is 10.3 Å². The van der Waals surface area contributed by atoms with Crippen molar-refractivity contribution >= 4 is 0 Å². The highest BCUT2D eigenvalue weighted by Gasteiger charge is 2.25. The number of hydrogen-bond acceptors (Lipinski definition) is 5. The molecule has 0 bridgehead atoms. The fraction of sp³-hybridized carbons (Fsp3) is 0.818. The van der Waals surface area contributed by atoms with E-state index >= 15 is 0 Å². The minimum absolute atomic E-state index is 0.579. The average Bonchev–Trinajstić information content (AvgIpc) is 2.67. The molecule has 2 N–H and O–H groups in total. The van der Waals surface area contributed by atoms with Crippen molar-refractivity contribution in [3.05, 3.63) is 11.7 Å². The van der Waals surface area contributed by atoms with Gasteiger partial charge < -0.3 is 10.3 Å². The van der Waals surface area contributed by atoms with Gasteiger partial charge >= 0.3 is 0 Å². The second kappa shape index (κ2) is 4.93. The Kier molecular flexibility index (Phi) is 3.56. The predicted molar refractivity (Wildman–Crippen MR) is 60.7 cm³/mol. The molecule has 1 aromatic heterocycles. The van der Waals surface area contributed by atoms with E-state index in [0.29, 0.717) is 23.7 Å². The normalized spacial score (nSPS) is 27.2. The largest absolute Gasteiger partial charge is 0.338 e. The Labute approximate surface area is 96.0 Å². The fourth-order valence-corrected chi connectivity index (χ4v) is 2.25. The third-order valence-corrected chi connectivity index (χ3v) is 3.35. The number of likely N-dealkylation sites (tertiary alicyclic amines) is 1. The number of nitrogens with two attached hydrogens (primary N) is 1. The van der Waals surface area contributed by atoms with E-state index in [1.165, 1.54) is 12.8 Å². The molecule has 5 heteroatoms. The lowest BCUT2D eigenvalue weighted by molar-refractivity contribution is 0.100. The van der Waals surface area contributed by atoms with Gasteiger partial charge in [0.1, 0.15) is 0 Å². The number of piperidine rings is 1. The molecule has 1 aliphatic heterocycles. The predicted octanol–water partition coefficient (Wildman–Crippen LogP) is 0.937. The van der Waals surface area contributed by atoms with Crippen LogP contribution in [0.25, 0.3) is 0 Å². The zero-order valence-electron chi connectivity index (χ0n) is 10.0. The molecule has 2 heterocycles. The topological polar surface area (TPSA) is 68.2 Å². The molecule has 0 aromatic carbocycles. The summed E-state index contributed by atoms with van der Waals surface area (Å²) >= 11 is 0. The summed E-state index contributed by atoms with van der Waals surface area (Å²) in [5, 5.41) is 3.81. The molecule has 0 spiro atoms. The van der Waals surface area contributed by atoms with Crippen LogP contribution in [0, 0.1) is 12.8 Å². The number of rotatable bonds is 3. The maximum Gasteiger partial charge on any atom is 0.240 e. The lowest BCUT2D eigenvalue weighted by Gasteiger charge is -2.36. The quantitative estimate of drug-likeness (QED) is 0.827.